The highest BCUT2D eigenvalue weighted by molar-refractivity contribution is 7.11. The maximum atomic E-state index is 11.7. The van der Waals surface area contributed by atoms with Crippen LogP contribution < -0.4 is 5.73 Å². The number of nitrogens with zero attached hydrogens (tertiary/aromatic N) is 1. The lowest BCUT2D eigenvalue weighted by atomic mass is 10.1. The van der Waals surface area contributed by atoms with Crippen LogP contribution in [0.4, 0.5) is 5.69 Å². The second-order valence-corrected chi connectivity index (χ2v) is 5.44. The SMILES string of the molecule is CCOC(=O)c1nc(Cc2ccc(N)cc2)sc1C. The highest BCUT2D eigenvalue weighted by Gasteiger charge is 2.16. The van der Waals surface area contributed by atoms with Gasteiger partial charge in [-0.15, -0.1) is 11.3 Å². The molecule has 0 saturated carbocycles. The fraction of sp³-hybridized carbons (Fsp3) is 0.286. The number of hydrogen-bond acceptors (Lipinski definition) is 5. The average molecular weight is 276 g/mol. The molecule has 1 aromatic heterocycles. The number of aryl methyl sites for hydroxylation is 1. The molecule has 0 amide bonds. The molecule has 0 spiro atoms. The smallest absolute Gasteiger partial charge is 0.358 e. The van der Waals surface area contributed by atoms with Crippen LogP contribution in [0.1, 0.15) is 32.9 Å². The van der Waals surface area contributed by atoms with Crippen molar-refractivity contribution in [2.75, 3.05) is 12.3 Å². The first kappa shape index (κ1) is 13.5. The maximum Gasteiger partial charge on any atom is 0.358 e. The van der Waals surface area contributed by atoms with Gasteiger partial charge in [-0.05, 0) is 31.5 Å². The van der Waals surface area contributed by atoms with Crippen LogP contribution in [0.2, 0.25) is 0 Å². The van der Waals surface area contributed by atoms with Gasteiger partial charge >= 0.3 is 5.97 Å². The van der Waals surface area contributed by atoms with Gasteiger partial charge in [0, 0.05) is 17.0 Å². The van der Waals surface area contributed by atoms with Gasteiger partial charge in [-0.3, -0.25) is 0 Å². The second-order valence-electron chi connectivity index (χ2n) is 4.15. The van der Waals surface area contributed by atoms with E-state index in [9.17, 15) is 4.79 Å². The van der Waals surface area contributed by atoms with Gasteiger partial charge in [-0.2, -0.15) is 0 Å². The summed E-state index contributed by atoms with van der Waals surface area (Å²) in [6.07, 6.45) is 0.700. The van der Waals surface area contributed by atoms with Crippen molar-refractivity contribution in [1.29, 1.82) is 0 Å². The molecule has 4 nitrogen and oxygen atoms in total. The highest BCUT2D eigenvalue weighted by atomic mass is 32.1. The lowest BCUT2D eigenvalue weighted by Gasteiger charge is -1.99. The first-order chi connectivity index (χ1) is 9.10. The van der Waals surface area contributed by atoms with Crippen molar-refractivity contribution in [2.45, 2.75) is 20.3 Å². The standard InChI is InChI=1S/C14H16N2O2S/c1-3-18-14(17)13-9(2)19-12(16-13)8-10-4-6-11(15)7-5-10/h4-7H,3,8,15H2,1-2H3. The topological polar surface area (TPSA) is 65.2 Å². The Morgan fingerprint density at radius 3 is 2.68 bits per heavy atom. The third kappa shape index (κ3) is 3.32. The number of benzene rings is 1. The molecule has 0 radical (unpaired) electrons. The molecule has 2 aromatic rings. The van der Waals surface area contributed by atoms with E-state index in [0.717, 1.165) is 21.1 Å². The number of ether oxygens (including phenoxy) is 1. The Labute approximate surface area is 116 Å². The third-order valence-electron chi connectivity index (χ3n) is 2.64. The van der Waals surface area contributed by atoms with E-state index in [1.807, 2.05) is 31.2 Å². The molecule has 1 heterocycles. The van der Waals surface area contributed by atoms with E-state index in [2.05, 4.69) is 4.98 Å². The van der Waals surface area contributed by atoms with Crippen molar-refractivity contribution in [3.05, 3.63) is 45.4 Å². The molecule has 0 atom stereocenters. The summed E-state index contributed by atoms with van der Waals surface area (Å²) in [6.45, 7) is 4.04. The zero-order chi connectivity index (χ0) is 13.8. The van der Waals surface area contributed by atoms with Crippen LogP contribution in [-0.4, -0.2) is 17.6 Å². The number of esters is 1. The number of hydrogen-bond donors (Lipinski definition) is 1. The minimum atomic E-state index is -0.347. The Kier molecular flexibility index (Phi) is 4.16. The summed E-state index contributed by atoms with van der Waals surface area (Å²) in [5.41, 5.74) is 7.94. The normalized spacial score (nSPS) is 10.4. The highest BCUT2D eigenvalue weighted by Crippen LogP contribution is 2.21. The molecule has 0 aliphatic heterocycles. The second kappa shape index (κ2) is 5.84. The number of thiazole rings is 1. The summed E-state index contributed by atoms with van der Waals surface area (Å²) in [6, 6.07) is 7.66. The summed E-state index contributed by atoms with van der Waals surface area (Å²) < 4.78 is 4.98. The molecule has 0 fully saturated rings. The van der Waals surface area contributed by atoms with Gasteiger partial charge in [0.2, 0.25) is 0 Å². The molecule has 1 aromatic carbocycles. The van der Waals surface area contributed by atoms with Gasteiger partial charge in [-0.25, -0.2) is 9.78 Å². The fourth-order valence-electron chi connectivity index (χ4n) is 1.73. The Bertz CT molecular complexity index is 576. The van der Waals surface area contributed by atoms with Gasteiger partial charge in [-0.1, -0.05) is 12.1 Å². The summed E-state index contributed by atoms with van der Waals surface area (Å²) in [5, 5.41) is 0.908. The third-order valence-corrected chi connectivity index (χ3v) is 3.62. The van der Waals surface area contributed by atoms with Crippen molar-refractivity contribution >= 4 is 23.0 Å². The monoisotopic (exact) mass is 276 g/mol. The largest absolute Gasteiger partial charge is 0.461 e. The predicted molar refractivity (Wildman–Crippen MR) is 76.5 cm³/mol. The first-order valence-corrected chi connectivity index (χ1v) is 6.89. The molecule has 5 heteroatoms. The molecule has 0 aliphatic carbocycles. The lowest BCUT2D eigenvalue weighted by Crippen LogP contribution is -2.06. The summed E-state index contributed by atoms with van der Waals surface area (Å²) in [5.74, 6) is -0.347. The van der Waals surface area contributed by atoms with E-state index < -0.39 is 0 Å². The summed E-state index contributed by atoms with van der Waals surface area (Å²) in [4.78, 5) is 16.9. The van der Waals surface area contributed by atoms with E-state index in [-0.39, 0.29) is 5.97 Å². The molecular weight excluding hydrogens is 260 g/mol. The van der Waals surface area contributed by atoms with Crippen molar-refractivity contribution in [2.24, 2.45) is 0 Å². The van der Waals surface area contributed by atoms with E-state index in [0.29, 0.717) is 18.7 Å². The van der Waals surface area contributed by atoms with E-state index in [1.54, 1.807) is 6.92 Å². The van der Waals surface area contributed by atoms with Crippen LogP contribution >= 0.6 is 11.3 Å². The molecule has 100 valence electrons. The Morgan fingerprint density at radius 2 is 2.05 bits per heavy atom. The number of carbonyl (C=O) groups excluding carboxylic acids is 1. The van der Waals surface area contributed by atoms with Crippen LogP contribution in [0.15, 0.2) is 24.3 Å². The maximum absolute atomic E-state index is 11.7. The number of aromatic nitrogens is 1. The number of rotatable bonds is 4. The Balaban J connectivity index is 2.16. The molecule has 0 aliphatic rings. The van der Waals surface area contributed by atoms with Crippen LogP contribution in [0.5, 0.6) is 0 Å². The van der Waals surface area contributed by atoms with Gasteiger partial charge in [0.05, 0.1) is 11.6 Å². The molecular formula is C14H16N2O2S. The zero-order valence-corrected chi connectivity index (χ0v) is 11.8. The molecule has 2 N–H and O–H groups in total. The predicted octanol–water partition coefficient (Wildman–Crippen LogP) is 2.80. The molecule has 19 heavy (non-hydrogen) atoms. The van der Waals surface area contributed by atoms with Crippen molar-refractivity contribution in [3.63, 3.8) is 0 Å². The number of carbonyl (C=O) groups is 1. The van der Waals surface area contributed by atoms with Crippen molar-refractivity contribution in [3.8, 4) is 0 Å². The summed E-state index contributed by atoms with van der Waals surface area (Å²) in [7, 11) is 0. The van der Waals surface area contributed by atoms with Crippen molar-refractivity contribution in [1.82, 2.24) is 4.98 Å². The van der Waals surface area contributed by atoms with Gasteiger partial charge in [0.25, 0.3) is 0 Å². The summed E-state index contributed by atoms with van der Waals surface area (Å²) >= 11 is 1.52. The lowest BCUT2D eigenvalue weighted by molar-refractivity contribution is 0.0519. The van der Waals surface area contributed by atoms with Crippen molar-refractivity contribution < 1.29 is 9.53 Å². The molecule has 0 saturated heterocycles. The zero-order valence-electron chi connectivity index (χ0n) is 11.0. The number of anilines is 1. The van der Waals surface area contributed by atoms with Gasteiger partial charge in [0.15, 0.2) is 5.69 Å². The fourth-order valence-corrected chi connectivity index (χ4v) is 2.68. The van der Waals surface area contributed by atoms with Crippen LogP contribution in [0.25, 0.3) is 0 Å². The molecule has 0 unspecified atom stereocenters. The number of nitrogens with two attached hydrogens (primary N) is 1. The van der Waals surface area contributed by atoms with E-state index in [1.165, 1.54) is 11.3 Å². The van der Waals surface area contributed by atoms with Crippen LogP contribution in [0, 0.1) is 6.92 Å². The van der Waals surface area contributed by atoms with E-state index >= 15 is 0 Å². The Hall–Kier alpha value is -1.88. The Morgan fingerprint density at radius 1 is 1.37 bits per heavy atom. The first-order valence-electron chi connectivity index (χ1n) is 6.08. The molecule has 0 bridgehead atoms. The van der Waals surface area contributed by atoms with Gasteiger partial charge < -0.3 is 10.5 Å². The van der Waals surface area contributed by atoms with Crippen LogP contribution in [-0.2, 0) is 11.2 Å². The minimum absolute atomic E-state index is 0.347. The number of nitrogen functional groups attached to an aromatic ring is 1. The average Bonchev–Trinajstić information content (AvgIpc) is 2.74. The molecule has 2 rings (SSSR count). The minimum Gasteiger partial charge on any atom is -0.461 e. The van der Waals surface area contributed by atoms with E-state index in [4.69, 9.17) is 10.5 Å². The van der Waals surface area contributed by atoms with Crippen LogP contribution in [0.3, 0.4) is 0 Å². The quantitative estimate of drug-likeness (QED) is 0.689. The van der Waals surface area contributed by atoms with Gasteiger partial charge in [0.1, 0.15) is 0 Å².